The number of fused-ring (bicyclic) bond motifs is 1. The average molecular weight is 400 g/mol. The van der Waals surface area contributed by atoms with Crippen LogP contribution in [-0.2, 0) is 13.1 Å². The van der Waals surface area contributed by atoms with Crippen LogP contribution in [0.4, 0.5) is 4.39 Å². The number of benzene rings is 1. The second kappa shape index (κ2) is 7.90. The van der Waals surface area contributed by atoms with Gasteiger partial charge in [0.2, 0.25) is 0 Å². The van der Waals surface area contributed by atoms with E-state index in [0.717, 1.165) is 44.1 Å². The number of piperidine rings is 1. The van der Waals surface area contributed by atoms with Crippen molar-refractivity contribution in [1.82, 2.24) is 25.0 Å². The number of likely N-dealkylation sites (tertiary alicyclic amines) is 1. The van der Waals surface area contributed by atoms with Gasteiger partial charge in [-0.1, -0.05) is 17.7 Å². The van der Waals surface area contributed by atoms with Gasteiger partial charge in [-0.3, -0.25) is 4.79 Å². The lowest BCUT2D eigenvalue weighted by Gasteiger charge is -2.32. The Morgan fingerprint density at radius 2 is 2.00 bits per heavy atom. The van der Waals surface area contributed by atoms with Gasteiger partial charge in [0, 0.05) is 32.1 Å². The van der Waals surface area contributed by atoms with Gasteiger partial charge in [-0.05, 0) is 25.0 Å². The van der Waals surface area contributed by atoms with Gasteiger partial charge in [-0.25, -0.2) is 4.39 Å². The second-order valence-corrected chi connectivity index (χ2v) is 6.85. The lowest BCUT2D eigenvalue weighted by atomic mass is 9.95. The zero-order chi connectivity index (χ0) is 17.4. The molecule has 2 aliphatic rings. The van der Waals surface area contributed by atoms with Crippen LogP contribution in [0.25, 0.3) is 0 Å². The van der Waals surface area contributed by atoms with E-state index in [4.69, 9.17) is 11.6 Å². The molecule has 1 saturated heterocycles. The Morgan fingerprint density at radius 1 is 1.23 bits per heavy atom. The molecule has 3 heterocycles. The van der Waals surface area contributed by atoms with Gasteiger partial charge in [0.1, 0.15) is 17.5 Å². The standard InChI is InChI=1S/C17H19ClFN5O.ClH/c18-15-12(2-1-3-13(15)19)17(25)23-7-4-11(5-8-23)16-22-21-14-10-20-6-9-24(14)16;/h1-3,11,20H,4-10H2;1H. The lowest BCUT2D eigenvalue weighted by molar-refractivity contribution is 0.0709. The summed E-state index contributed by atoms with van der Waals surface area (Å²) in [6.07, 6.45) is 1.65. The Labute approximate surface area is 162 Å². The number of rotatable bonds is 2. The van der Waals surface area contributed by atoms with Crippen LogP contribution in [0.15, 0.2) is 18.2 Å². The molecule has 26 heavy (non-hydrogen) atoms. The van der Waals surface area contributed by atoms with Crippen LogP contribution in [0.2, 0.25) is 5.02 Å². The maximum absolute atomic E-state index is 13.6. The van der Waals surface area contributed by atoms with E-state index in [0.29, 0.717) is 19.0 Å². The molecule has 0 atom stereocenters. The summed E-state index contributed by atoms with van der Waals surface area (Å²) in [5.74, 6) is 1.52. The molecule has 0 radical (unpaired) electrons. The Bertz CT molecular complexity index is 804. The zero-order valence-electron chi connectivity index (χ0n) is 14.1. The number of hydrogen-bond acceptors (Lipinski definition) is 4. The third kappa shape index (κ3) is 3.43. The summed E-state index contributed by atoms with van der Waals surface area (Å²) in [5.41, 5.74) is 0.228. The molecular weight excluding hydrogens is 380 g/mol. The van der Waals surface area contributed by atoms with E-state index in [9.17, 15) is 9.18 Å². The van der Waals surface area contributed by atoms with Crippen LogP contribution in [-0.4, -0.2) is 45.2 Å². The maximum atomic E-state index is 13.6. The van der Waals surface area contributed by atoms with E-state index in [1.807, 2.05) is 0 Å². The van der Waals surface area contributed by atoms with Crippen LogP contribution < -0.4 is 5.32 Å². The summed E-state index contributed by atoms with van der Waals surface area (Å²) in [6, 6.07) is 4.34. The van der Waals surface area contributed by atoms with E-state index in [-0.39, 0.29) is 28.9 Å². The fourth-order valence-electron chi connectivity index (χ4n) is 3.60. The predicted molar refractivity (Wildman–Crippen MR) is 98.3 cm³/mol. The minimum Gasteiger partial charge on any atom is -0.339 e. The fourth-order valence-corrected chi connectivity index (χ4v) is 3.80. The molecule has 2 aliphatic heterocycles. The van der Waals surface area contributed by atoms with E-state index in [1.54, 1.807) is 11.0 Å². The van der Waals surface area contributed by atoms with Crippen molar-refractivity contribution in [2.24, 2.45) is 0 Å². The molecule has 140 valence electrons. The largest absolute Gasteiger partial charge is 0.339 e. The molecule has 1 aromatic carbocycles. The molecule has 0 bridgehead atoms. The Hall–Kier alpha value is -1.70. The van der Waals surface area contributed by atoms with Crippen LogP contribution in [0.5, 0.6) is 0 Å². The highest BCUT2D eigenvalue weighted by atomic mass is 35.5. The number of nitrogens with one attached hydrogen (secondary N) is 1. The first-order valence-electron chi connectivity index (χ1n) is 8.51. The third-order valence-electron chi connectivity index (χ3n) is 4.98. The highest BCUT2D eigenvalue weighted by Gasteiger charge is 2.30. The van der Waals surface area contributed by atoms with Crippen molar-refractivity contribution in [3.05, 3.63) is 46.3 Å². The Balaban J connectivity index is 0.00000196. The fraction of sp³-hybridized carbons (Fsp3) is 0.471. The van der Waals surface area contributed by atoms with Gasteiger partial charge in [-0.15, -0.1) is 22.6 Å². The molecule has 1 aromatic heterocycles. The van der Waals surface area contributed by atoms with Gasteiger partial charge in [0.05, 0.1) is 17.1 Å². The summed E-state index contributed by atoms with van der Waals surface area (Å²) in [6.45, 7) is 3.78. The van der Waals surface area contributed by atoms with Crippen LogP contribution in [0.3, 0.4) is 0 Å². The quantitative estimate of drug-likeness (QED) is 0.842. The average Bonchev–Trinajstić information content (AvgIpc) is 3.08. The predicted octanol–water partition coefficient (Wildman–Crippen LogP) is 2.62. The van der Waals surface area contributed by atoms with Gasteiger partial charge in [0.25, 0.3) is 5.91 Å². The summed E-state index contributed by atoms with van der Waals surface area (Å²) < 4.78 is 15.8. The zero-order valence-corrected chi connectivity index (χ0v) is 15.7. The summed E-state index contributed by atoms with van der Waals surface area (Å²) in [5, 5.41) is 11.8. The number of nitrogens with zero attached hydrogens (tertiary/aromatic N) is 4. The number of halogens is 3. The first-order valence-corrected chi connectivity index (χ1v) is 8.89. The van der Waals surface area contributed by atoms with Crippen LogP contribution >= 0.6 is 24.0 Å². The number of carbonyl (C=O) groups is 1. The summed E-state index contributed by atoms with van der Waals surface area (Å²) in [4.78, 5) is 14.4. The van der Waals surface area contributed by atoms with E-state index in [2.05, 4.69) is 20.1 Å². The first-order chi connectivity index (χ1) is 12.1. The van der Waals surface area contributed by atoms with Gasteiger partial charge >= 0.3 is 0 Å². The summed E-state index contributed by atoms with van der Waals surface area (Å²) >= 11 is 5.95. The van der Waals surface area contributed by atoms with Crippen molar-refractivity contribution in [3.8, 4) is 0 Å². The SMILES string of the molecule is Cl.O=C(c1cccc(F)c1Cl)N1CCC(c2nnc3n2CCNC3)CC1. The van der Waals surface area contributed by atoms with Crippen LogP contribution in [0.1, 0.15) is 40.8 Å². The molecule has 9 heteroatoms. The van der Waals surface area contributed by atoms with Crippen molar-refractivity contribution in [3.63, 3.8) is 0 Å². The molecule has 1 fully saturated rings. The van der Waals surface area contributed by atoms with Gasteiger partial charge < -0.3 is 14.8 Å². The molecule has 0 unspecified atom stereocenters. The Kier molecular flexibility index (Phi) is 5.79. The van der Waals surface area contributed by atoms with Crippen LogP contribution in [0, 0.1) is 5.82 Å². The molecule has 6 nitrogen and oxygen atoms in total. The molecular formula is C17H20Cl2FN5O. The smallest absolute Gasteiger partial charge is 0.255 e. The molecule has 1 N–H and O–H groups in total. The van der Waals surface area contributed by atoms with E-state index in [1.165, 1.54) is 12.1 Å². The minimum absolute atomic E-state index is 0. The number of hydrogen-bond donors (Lipinski definition) is 1. The molecule has 0 spiro atoms. The second-order valence-electron chi connectivity index (χ2n) is 6.47. The summed E-state index contributed by atoms with van der Waals surface area (Å²) in [7, 11) is 0. The molecule has 4 rings (SSSR count). The normalized spacial score (nSPS) is 17.5. The van der Waals surface area contributed by atoms with Crippen molar-refractivity contribution in [2.75, 3.05) is 19.6 Å². The van der Waals surface area contributed by atoms with Crippen molar-refractivity contribution in [2.45, 2.75) is 31.8 Å². The third-order valence-corrected chi connectivity index (χ3v) is 5.36. The monoisotopic (exact) mass is 399 g/mol. The maximum Gasteiger partial charge on any atom is 0.255 e. The molecule has 0 aliphatic carbocycles. The number of amides is 1. The highest BCUT2D eigenvalue weighted by Crippen LogP contribution is 2.29. The van der Waals surface area contributed by atoms with E-state index >= 15 is 0 Å². The molecule has 1 amide bonds. The highest BCUT2D eigenvalue weighted by molar-refractivity contribution is 6.34. The molecule has 2 aromatic rings. The molecule has 0 saturated carbocycles. The van der Waals surface area contributed by atoms with E-state index < -0.39 is 5.82 Å². The number of carbonyl (C=O) groups excluding carboxylic acids is 1. The topological polar surface area (TPSA) is 63.1 Å². The van der Waals surface area contributed by atoms with Crippen molar-refractivity contribution < 1.29 is 9.18 Å². The van der Waals surface area contributed by atoms with Crippen molar-refractivity contribution in [1.29, 1.82) is 0 Å². The van der Waals surface area contributed by atoms with Gasteiger partial charge in [0.15, 0.2) is 0 Å². The number of aromatic nitrogens is 3. The lowest BCUT2D eigenvalue weighted by Crippen LogP contribution is -2.39. The minimum atomic E-state index is -0.564. The van der Waals surface area contributed by atoms with Crippen molar-refractivity contribution >= 4 is 29.9 Å². The van der Waals surface area contributed by atoms with Gasteiger partial charge in [-0.2, -0.15) is 0 Å². The first kappa shape index (κ1) is 19.1. The Morgan fingerprint density at radius 3 is 2.77 bits per heavy atom.